The van der Waals surface area contributed by atoms with Crippen LogP contribution in [0.2, 0.25) is 0 Å². The van der Waals surface area contributed by atoms with E-state index in [1.807, 2.05) is 42.6 Å². The van der Waals surface area contributed by atoms with Crippen LogP contribution in [0.15, 0.2) is 60.9 Å². The van der Waals surface area contributed by atoms with E-state index >= 15 is 0 Å². The van der Waals surface area contributed by atoms with Crippen LogP contribution >= 0.6 is 0 Å². The minimum absolute atomic E-state index is 0.143. The summed E-state index contributed by atoms with van der Waals surface area (Å²) in [7, 11) is 0. The number of hydrogen-bond donors (Lipinski definition) is 1. The average molecular weight is 393 g/mol. The van der Waals surface area contributed by atoms with Crippen LogP contribution in [0.1, 0.15) is 6.04 Å². The first-order valence-corrected chi connectivity index (χ1v) is 9.37. The molecular weight excluding hydrogens is 374 g/mol. The molecule has 2 fully saturated rings. The van der Waals surface area contributed by atoms with Crippen molar-refractivity contribution >= 4 is 11.8 Å². The van der Waals surface area contributed by atoms with Gasteiger partial charge in [-0.2, -0.15) is 0 Å². The number of rotatable bonds is 4. The second-order valence-corrected chi connectivity index (χ2v) is 6.90. The summed E-state index contributed by atoms with van der Waals surface area (Å²) >= 11 is 0. The number of nitrogens with one attached hydrogen (secondary N) is 1. The van der Waals surface area contributed by atoms with Gasteiger partial charge in [0.05, 0.1) is 25.1 Å². The van der Waals surface area contributed by atoms with Crippen LogP contribution in [-0.4, -0.2) is 57.6 Å². The lowest BCUT2D eigenvalue weighted by molar-refractivity contribution is 0.00771. The molecule has 4 heterocycles. The first-order chi connectivity index (χ1) is 14.3. The molecule has 9 heteroatoms. The minimum atomic E-state index is -0.532. The third kappa shape index (κ3) is 3.57. The van der Waals surface area contributed by atoms with E-state index in [4.69, 9.17) is 14.2 Å². The number of amides is 1. The summed E-state index contributed by atoms with van der Waals surface area (Å²) in [5.41, 5.74) is 2.10. The monoisotopic (exact) mass is 393 g/mol. The number of aromatic nitrogens is 4. The number of nitrogens with zero attached hydrogens (tertiary/aromatic N) is 4. The molecule has 148 valence electrons. The smallest absolute Gasteiger partial charge is 0.412 e. The van der Waals surface area contributed by atoms with Crippen molar-refractivity contribution in [2.24, 2.45) is 0 Å². The molecule has 1 amide bonds. The van der Waals surface area contributed by atoms with Crippen LogP contribution in [0, 0.1) is 0 Å². The first-order valence-electron chi connectivity index (χ1n) is 9.37. The molecular formula is C20H19N5O4. The number of carbonyl (C=O) groups excluding carboxylic acids is 1. The molecule has 1 aromatic carbocycles. The number of ether oxygens (including phenoxy) is 3. The maximum atomic E-state index is 12.2. The molecule has 2 aromatic heterocycles. The molecule has 4 atom stereocenters. The quantitative estimate of drug-likeness (QED) is 0.726. The van der Waals surface area contributed by atoms with Crippen molar-refractivity contribution < 1.29 is 19.0 Å². The van der Waals surface area contributed by atoms with E-state index in [0.29, 0.717) is 18.0 Å². The molecule has 0 radical (unpaired) electrons. The molecule has 3 aromatic rings. The number of para-hydroxylation sites is 1. The first kappa shape index (κ1) is 17.8. The zero-order valence-corrected chi connectivity index (χ0v) is 15.4. The lowest BCUT2D eigenvalue weighted by Crippen LogP contribution is -2.34. The van der Waals surface area contributed by atoms with Crippen molar-refractivity contribution in [2.75, 3.05) is 18.5 Å². The van der Waals surface area contributed by atoms with Crippen molar-refractivity contribution in [2.45, 2.75) is 24.4 Å². The summed E-state index contributed by atoms with van der Waals surface area (Å²) in [5.74, 6) is 0. The van der Waals surface area contributed by atoms with Crippen LogP contribution in [0.3, 0.4) is 0 Å². The summed E-state index contributed by atoms with van der Waals surface area (Å²) in [6, 6.07) is 14.6. The maximum Gasteiger partial charge on any atom is 0.412 e. The largest absolute Gasteiger partial charge is 0.441 e. The molecule has 0 saturated carbocycles. The highest BCUT2D eigenvalue weighted by Crippen LogP contribution is 2.35. The molecule has 2 saturated heterocycles. The highest BCUT2D eigenvalue weighted by Gasteiger charge is 2.50. The van der Waals surface area contributed by atoms with E-state index in [9.17, 15) is 4.79 Å². The molecule has 2 aliphatic rings. The van der Waals surface area contributed by atoms with Gasteiger partial charge in [0.25, 0.3) is 0 Å². The molecule has 2 aliphatic heterocycles. The number of benzene rings is 1. The van der Waals surface area contributed by atoms with Crippen molar-refractivity contribution in [3.05, 3.63) is 60.9 Å². The Morgan fingerprint density at radius 1 is 1.03 bits per heavy atom. The van der Waals surface area contributed by atoms with Gasteiger partial charge in [0.15, 0.2) is 6.10 Å². The Bertz CT molecular complexity index is 981. The lowest BCUT2D eigenvalue weighted by Gasteiger charge is -2.17. The molecule has 0 spiro atoms. The summed E-state index contributed by atoms with van der Waals surface area (Å²) < 4.78 is 19.0. The molecule has 29 heavy (non-hydrogen) atoms. The fraction of sp³-hybridized carbons (Fsp3) is 0.300. The Morgan fingerprint density at radius 2 is 1.86 bits per heavy atom. The standard InChI is InChI=1S/C20H19N5O4/c26-20(22-13-6-2-1-3-7-13)29-17-12-28-18-16(11-27-19(17)18)25-10-15(23-24-25)14-8-4-5-9-21-14/h1-10,16-19H,11-12H2,(H,22,26)/t16-,17+,18+,19+/m0/s1. The minimum Gasteiger partial charge on any atom is -0.441 e. The van der Waals surface area contributed by atoms with Gasteiger partial charge in [-0.25, -0.2) is 9.48 Å². The van der Waals surface area contributed by atoms with Crippen LogP contribution in [0.25, 0.3) is 11.4 Å². The highest BCUT2D eigenvalue weighted by molar-refractivity contribution is 5.84. The Morgan fingerprint density at radius 3 is 2.69 bits per heavy atom. The summed E-state index contributed by atoms with van der Waals surface area (Å²) in [6.45, 7) is 0.677. The van der Waals surface area contributed by atoms with Gasteiger partial charge in [-0.1, -0.05) is 29.5 Å². The Labute approximate surface area is 166 Å². The molecule has 5 rings (SSSR count). The number of anilines is 1. The van der Waals surface area contributed by atoms with Gasteiger partial charge in [-0.3, -0.25) is 10.3 Å². The number of carbonyl (C=O) groups is 1. The fourth-order valence-corrected chi connectivity index (χ4v) is 3.65. The predicted molar refractivity (Wildman–Crippen MR) is 102 cm³/mol. The van der Waals surface area contributed by atoms with Gasteiger partial charge in [0.1, 0.15) is 23.9 Å². The maximum absolute atomic E-state index is 12.2. The van der Waals surface area contributed by atoms with Crippen LogP contribution in [0.4, 0.5) is 10.5 Å². The Hall–Kier alpha value is -3.30. The highest BCUT2D eigenvalue weighted by atomic mass is 16.6. The number of hydrogen-bond acceptors (Lipinski definition) is 7. The van der Waals surface area contributed by atoms with Crippen LogP contribution in [-0.2, 0) is 14.2 Å². The zero-order valence-electron chi connectivity index (χ0n) is 15.4. The van der Waals surface area contributed by atoms with E-state index in [0.717, 1.165) is 5.69 Å². The van der Waals surface area contributed by atoms with E-state index < -0.39 is 12.2 Å². The Balaban J connectivity index is 1.24. The second-order valence-electron chi connectivity index (χ2n) is 6.90. The zero-order chi connectivity index (χ0) is 19.6. The van der Waals surface area contributed by atoms with Gasteiger partial charge in [0.2, 0.25) is 0 Å². The second kappa shape index (κ2) is 7.61. The third-order valence-electron chi connectivity index (χ3n) is 5.04. The van der Waals surface area contributed by atoms with Gasteiger partial charge >= 0.3 is 6.09 Å². The molecule has 0 unspecified atom stereocenters. The molecule has 0 aliphatic carbocycles. The summed E-state index contributed by atoms with van der Waals surface area (Å²) in [4.78, 5) is 16.5. The van der Waals surface area contributed by atoms with E-state index in [2.05, 4.69) is 20.6 Å². The van der Waals surface area contributed by atoms with Crippen molar-refractivity contribution in [3.8, 4) is 11.4 Å². The van der Waals surface area contributed by atoms with Gasteiger partial charge < -0.3 is 14.2 Å². The van der Waals surface area contributed by atoms with Gasteiger partial charge in [-0.05, 0) is 24.3 Å². The van der Waals surface area contributed by atoms with Crippen LogP contribution < -0.4 is 5.32 Å². The average Bonchev–Trinajstić information content (AvgIpc) is 3.47. The normalized spacial score (nSPS) is 25.5. The number of fused-ring (bicyclic) bond motifs is 1. The van der Waals surface area contributed by atoms with Crippen molar-refractivity contribution in [1.82, 2.24) is 20.0 Å². The van der Waals surface area contributed by atoms with Crippen molar-refractivity contribution in [3.63, 3.8) is 0 Å². The van der Waals surface area contributed by atoms with Gasteiger partial charge in [-0.15, -0.1) is 5.10 Å². The van der Waals surface area contributed by atoms with Crippen molar-refractivity contribution in [1.29, 1.82) is 0 Å². The topological polar surface area (TPSA) is 100 Å². The molecule has 9 nitrogen and oxygen atoms in total. The lowest BCUT2D eigenvalue weighted by atomic mass is 10.1. The summed E-state index contributed by atoms with van der Waals surface area (Å²) in [6.07, 6.45) is 1.93. The number of pyridine rings is 1. The van der Waals surface area contributed by atoms with Crippen LogP contribution in [0.5, 0.6) is 0 Å². The fourth-order valence-electron chi connectivity index (χ4n) is 3.65. The van der Waals surface area contributed by atoms with E-state index in [1.54, 1.807) is 23.0 Å². The SMILES string of the molecule is O=C(Nc1ccccc1)O[C@@H]1CO[C@H]2[C@@H]1OC[C@@H]2n1cc(-c2ccccn2)nn1. The predicted octanol–water partition coefficient (Wildman–Crippen LogP) is 2.30. The molecule has 0 bridgehead atoms. The van der Waals surface area contributed by atoms with E-state index in [1.165, 1.54) is 0 Å². The van der Waals surface area contributed by atoms with Gasteiger partial charge in [0, 0.05) is 11.9 Å². The molecule has 1 N–H and O–H groups in total. The Kier molecular flexibility index (Phi) is 4.66. The summed E-state index contributed by atoms with van der Waals surface area (Å²) in [5, 5.41) is 11.1. The van der Waals surface area contributed by atoms with E-state index in [-0.39, 0.29) is 24.9 Å². The third-order valence-corrected chi connectivity index (χ3v) is 5.04.